The summed E-state index contributed by atoms with van der Waals surface area (Å²) in [5.74, 6) is -11.0. The molecule has 2 bridgehead atoms. The molecule has 0 spiro atoms. The van der Waals surface area contributed by atoms with E-state index in [1.165, 1.54) is 25.8 Å². The number of hydrogen-bond acceptors (Lipinski definition) is 17. The van der Waals surface area contributed by atoms with E-state index in [-0.39, 0.29) is 16.3 Å². The molecule has 5 rings (SSSR count). The molecule has 11 atom stereocenters. The number of aliphatic hydroxyl groups is 3. The standard InChI is InChI=1S/C51H76N10O16S2/c1-8-25(2)30-15-27(63)19-54-44(69)33-17-31-29-11-12-38(76-7)32(23-78-14-10-9-13-53-50(74)77-51(4,5)6)42(29)60-48(31)79(75)24-35(56-40(67)20-55-43(30)68)45(70)58-34(18-39(52)66)49(73)61-21-28(64)16-36(61)46(71)59-41(47(72)57-33)26(3)37(65)22-62/h11-12,25-26,28,30,33-37,41,60,62,64-65H,8-10,13-24H2,1-7H3,(H2,52,66)(H,53,74)(H,54,69)(H,55,68)(H,56,67)(H,57,72)(H,58,70)(H,59,71)/t25-,26-,28+,30?,33-,34-,35-,36?,37-,41-,79?/m0/s1. The highest BCUT2D eigenvalue weighted by Gasteiger charge is 2.45. The fourth-order valence-corrected chi connectivity index (χ4v) is 11.9. The number of aliphatic hydroxyl groups excluding tert-OH is 3. The first-order valence-corrected chi connectivity index (χ1v) is 28.7. The minimum Gasteiger partial charge on any atom is -0.496 e. The Kier molecular flexibility index (Phi) is 23.0. The molecule has 0 radical (unpaired) electrons. The molecule has 2 aromatic rings. The Balaban J connectivity index is 1.71. The van der Waals surface area contributed by atoms with Gasteiger partial charge >= 0.3 is 6.09 Å². The molecule has 28 heteroatoms. The van der Waals surface area contributed by atoms with Crippen molar-refractivity contribution in [1.29, 1.82) is 0 Å². The number of amides is 9. The van der Waals surface area contributed by atoms with Crippen molar-refractivity contribution in [1.82, 2.24) is 47.1 Å². The number of Topliss-reactive ketones (excluding diaryl/α,β-unsaturated/α-hetero) is 1. The average molecular weight is 1150 g/mol. The minimum atomic E-state index is -2.41. The number of thioether (sulfide) groups is 1. The Morgan fingerprint density at radius 1 is 0.924 bits per heavy atom. The molecule has 1 aromatic carbocycles. The first kappa shape index (κ1) is 63.5. The van der Waals surface area contributed by atoms with Crippen LogP contribution >= 0.6 is 11.8 Å². The van der Waals surface area contributed by atoms with E-state index < -0.39 is 193 Å². The van der Waals surface area contributed by atoms with Crippen LogP contribution < -0.4 is 47.7 Å². The zero-order valence-electron chi connectivity index (χ0n) is 45.5. The molecule has 0 saturated carbocycles. The Hall–Kier alpha value is -6.36. The number of nitrogens with two attached hydrogens (primary N) is 1. The highest BCUT2D eigenvalue weighted by Crippen LogP contribution is 2.36. The Morgan fingerprint density at radius 3 is 2.29 bits per heavy atom. The average Bonchev–Trinajstić information content (AvgIpc) is 4.06. The first-order chi connectivity index (χ1) is 37.3. The van der Waals surface area contributed by atoms with Crippen molar-refractivity contribution in [3.05, 3.63) is 23.3 Å². The monoisotopic (exact) mass is 1150 g/mol. The molecule has 1 fully saturated rings. The molecule has 3 unspecified atom stereocenters. The number of unbranched alkanes of at least 4 members (excludes halogenated alkanes) is 1. The van der Waals surface area contributed by atoms with E-state index in [0.717, 1.165) is 4.90 Å². The number of fused-ring (bicyclic) bond motifs is 5. The van der Waals surface area contributed by atoms with Crippen LogP contribution in [-0.4, -0.2) is 188 Å². The first-order valence-electron chi connectivity index (χ1n) is 26.2. The summed E-state index contributed by atoms with van der Waals surface area (Å²) in [6, 6.07) is -5.50. The van der Waals surface area contributed by atoms with Crippen molar-refractivity contribution in [2.45, 2.75) is 145 Å². The third kappa shape index (κ3) is 17.3. The number of methoxy groups -OCH3 is 1. The second-order valence-electron chi connectivity index (χ2n) is 21.1. The van der Waals surface area contributed by atoms with Gasteiger partial charge in [-0.05, 0) is 63.0 Å². The smallest absolute Gasteiger partial charge is 0.407 e. The summed E-state index contributed by atoms with van der Waals surface area (Å²) in [5.41, 5.74) is 5.98. The van der Waals surface area contributed by atoms with Crippen LogP contribution in [-0.2, 0) is 70.9 Å². The van der Waals surface area contributed by atoms with Gasteiger partial charge in [0.05, 0.1) is 67.5 Å². The molecule has 26 nitrogen and oxygen atoms in total. The SMILES string of the molecule is CC[C@H](C)C1CC(=O)CNC(=O)[C@@H]2Cc3c([nH]c4c(CSCCCCNC(=O)OC(C)(C)C)c(OC)ccc34)S(=O)C[C@H](NC(=O)CNC1=O)C(=O)N[C@@H](CC(N)=O)C(=O)N1C[C@H](O)CC1C(=O)N[C@@H]([C@@H](C)[C@@H](O)CO)C(=O)N2. The summed E-state index contributed by atoms with van der Waals surface area (Å²) in [4.78, 5) is 143. The van der Waals surface area contributed by atoms with Crippen LogP contribution in [0.5, 0.6) is 5.75 Å². The van der Waals surface area contributed by atoms with Gasteiger partial charge in [0.2, 0.25) is 47.3 Å². The van der Waals surface area contributed by atoms with Crippen molar-refractivity contribution < 1.29 is 76.9 Å². The number of alkyl carbamates (subject to hydrolysis) is 1. The van der Waals surface area contributed by atoms with Crippen molar-refractivity contribution in [3.63, 3.8) is 0 Å². The number of rotatable bonds is 15. The van der Waals surface area contributed by atoms with E-state index in [0.29, 0.717) is 53.8 Å². The fraction of sp³-hybridized carbons (Fsp3) is 0.647. The van der Waals surface area contributed by atoms with Crippen LogP contribution in [0.15, 0.2) is 17.2 Å². The van der Waals surface area contributed by atoms with Gasteiger partial charge in [-0.2, -0.15) is 11.8 Å². The number of carbonyl (C=O) groups is 10. The van der Waals surface area contributed by atoms with Crippen molar-refractivity contribution in [2.24, 2.45) is 23.5 Å². The second-order valence-corrected chi connectivity index (χ2v) is 23.6. The lowest BCUT2D eigenvalue weighted by Gasteiger charge is -2.32. The topological polar surface area (TPSA) is 396 Å². The van der Waals surface area contributed by atoms with Gasteiger partial charge in [-0.15, -0.1) is 0 Å². The molecule has 13 N–H and O–H groups in total. The lowest BCUT2D eigenvalue weighted by Crippen LogP contribution is -2.62. The molecule has 438 valence electrons. The number of nitrogens with zero attached hydrogens (tertiary/aromatic N) is 1. The third-order valence-electron chi connectivity index (χ3n) is 14.0. The number of hydrogen-bond donors (Lipinski definition) is 12. The predicted octanol–water partition coefficient (Wildman–Crippen LogP) is -1.99. The van der Waals surface area contributed by atoms with E-state index in [2.05, 4.69) is 42.2 Å². The molecule has 1 saturated heterocycles. The summed E-state index contributed by atoms with van der Waals surface area (Å²) < 4.78 is 26.3. The van der Waals surface area contributed by atoms with E-state index >= 15 is 4.21 Å². The Labute approximate surface area is 464 Å². The minimum absolute atomic E-state index is 0.114. The quantitative estimate of drug-likeness (QED) is 0.0859. The van der Waals surface area contributed by atoms with Crippen molar-refractivity contribution >= 4 is 92.6 Å². The van der Waals surface area contributed by atoms with Gasteiger partial charge in [0.25, 0.3) is 0 Å². The molecule has 4 heterocycles. The molecule has 1 aromatic heterocycles. The van der Waals surface area contributed by atoms with Gasteiger partial charge < -0.3 is 77.6 Å². The number of aromatic nitrogens is 1. The molecule has 9 amide bonds. The summed E-state index contributed by atoms with van der Waals surface area (Å²) in [6.45, 7) is 7.64. The van der Waals surface area contributed by atoms with Crippen LogP contribution in [0.3, 0.4) is 0 Å². The van der Waals surface area contributed by atoms with Crippen LogP contribution in [0.1, 0.15) is 91.2 Å². The number of ketones is 1. The highest BCUT2D eigenvalue weighted by atomic mass is 32.2. The summed E-state index contributed by atoms with van der Waals surface area (Å²) in [7, 11) is -0.972. The van der Waals surface area contributed by atoms with E-state index in [1.54, 1.807) is 46.8 Å². The lowest BCUT2D eigenvalue weighted by molar-refractivity contribution is -0.144. The lowest BCUT2D eigenvalue weighted by atomic mass is 9.86. The molecule has 3 aliphatic heterocycles. The van der Waals surface area contributed by atoms with Crippen LogP contribution in [0.2, 0.25) is 0 Å². The number of H-pyrrole nitrogens is 1. The molecule has 0 aliphatic carbocycles. The Morgan fingerprint density at radius 2 is 1.63 bits per heavy atom. The Bertz CT molecular complexity index is 2630. The number of ether oxygens (including phenoxy) is 2. The number of primary amides is 1. The normalized spacial score (nSPS) is 25.5. The maximum Gasteiger partial charge on any atom is 0.407 e. The zero-order valence-corrected chi connectivity index (χ0v) is 47.2. The third-order valence-corrected chi connectivity index (χ3v) is 16.5. The number of carbonyl (C=O) groups excluding carboxylic acids is 10. The van der Waals surface area contributed by atoms with Gasteiger partial charge in [0.1, 0.15) is 46.6 Å². The maximum absolute atomic E-state index is 15.2. The number of aromatic amines is 1. The summed E-state index contributed by atoms with van der Waals surface area (Å²) >= 11 is 1.50. The van der Waals surface area contributed by atoms with E-state index in [4.69, 9.17) is 15.2 Å². The van der Waals surface area contributed by atoms with Crippen LogP contribution in [0, 0.1) is 17.8 Å². The van der Waals surface area contributed by atoms with Crippen molar-refractivity contribution in [2.75, 3.05) is 51.4 Å². The number of benzene rings is 1. The fourth-order valence-electron chi connectivity index (χ4n) is 9.43. The molecular weight excluding hydrogens is 1070 g/mol. The summed E-state index contributed by atoms with van der Waals surface area (Å²) in [6.07, 6.45) is -4.04. The van der Waals surface area contributed by atoms with Gasteiger partial charge in [-0.1, -0.05) is 27.2 Å². The maximum atomic E-state index is 15.2. The highest BCUT2D eigenvalue weighted by molar-refractivity contribution is 7.98. The van der Waals surface area contributed by atoms with E-state index in [1.807, 2.05) is 0 Å². The van der Waals surface area contributed by atoms with Crippen LogP contribution in [0.25, 0.3) is 10.9 Å². The molecular formula is C51H76N10O16S2. The van der Waals surface area contributed by atoms with Crippen molar-refractivity contribution in [3.8, 4) is 5.75 Å². The molecule has 3 aliphatic rings. The number of nitrogens with one attached hydrogen (secondary N) is 8. The van der Waals surface area contributed by atoms with Gasteiger partial charge in [0.15, 0.2) is 5.78 Å². The van der Waals surface area contributed by atoms with Gasteiger partial charge in [-0.3, -0.25) is 47.4 Å². The zero-order chi connectivity index (χ0) is 58.5. The van der Waals surface area contributed by atoms with Crippen LogP contribution in [0.4, 0.5) is 4.79 Å². The largest absolute Gasteiger partial charge is 0.496 e. The van der Waals surface area contributed by atoms with Gasteiger partial charge in [0, 0.05) is 60.9 Å². The predicted molar refractivity (Wildman–Crippen MR) is 288 cm³/mol. The second kappa shape index (κ2) is 28.7. The summed E-state index contributed by atoms with van der Waals surface area (Å²) in [5, 5.41) is 49.9. The van der Waals surface area contributed by atoms with E-state index in [9.17, 15) is 63.3 Å². The molecule has 79 heavy (non-hydrogen) atoms. The van der Waals surface area contributed by atoms with Gasteiger partial charge in [-0.25, -0.2) is 4.79 Å².